The molecule has 110 valence electrons. The van der Waals surface area contributed by atoms with Crippen molar-refractivity contribution in [2.75, 3.05) is 5.32 Å². The zero-order valence-corrected chi connectivity index (χ0v) is 12.4. The fourth-order valence-electron chi connectivity index (χ4n) is 1.60. The number of carboxylic acid groups (broad SMARTS) is 1. The molecule has 0 aliphatic rings. The molecule has 1 unspecified atom stereocenters. The van der Waals surface area contributed by atoms with Crippen molar-refractivity contribution in [3.63, 3.8) is 0 Å². The van der Waals surface area contributed by atoms with Gasteiger partial charge in [-0.3, -0.25) is 9.59 Å². The number of carbonyl (C=O) groups excluding carboxylic acids is 2. The minimum atomic E-state index is -1.05. The first kappa shape index (κ1) is 16.2. The maximum atomic E-state index is 12.0. The van der Waals surface area contributed by atoms with Crippen molar-refractivity contribution in [1.82, 2.24) is 5.32 Å². The fraction of sp³-hybridized carbons (Fsp3) is 0.462. The number of carbonyl (C=O) groups is 3. The minimum Gasteiger partial charge on any atom is -0.480 e. The topological polar surface area (TPSA) is 95.5 Å². The summed E-state index contributed by atoms with van der Waals surface area (Å²) in [5, 5.41) is 14.8. The van der Waals surface area contributed by atoms with Gasteiger partial charge in [-0.15, -0.1) is 11.3 Å². The Morgan fingerprint density at radius 1 is 1.35 bits per heavy atom. The van der Waals surface area contributed by atoms with Crippen LogP contribution >= 0.6 is 11.3 Å². The van der Waals surface area contributed by atoms with Crippen LogP contribution in [0, 0.1) is 5.92 Å². The normalized spacial score (nSPS) is 13.3. The molecular formula is C13H18N2O4S. The largest absolute Gasteiger partial charge is 0.480 e. The highest BCUT2D eigenvalue weighted by molar-refractivity contribution is 7.18. The Balaban J connectivity index is 2.76. The molecule has 0 spiro atoms. The summed E-state index contributed by atoms with van der Waals surface area (Å²) >= 11 is 1.11. The first-order chi connectivity index (χ1) is 9.35. The molecule has 0 bridgehead atoms. The third-order valence-electron chi connectivity index (χ3n) is 2.89. The lowest BCUT2D eigenvalue weighted by atomic mass is 9.99. The average molecular weight is 298 g/mol. The third-order valence-corrected chi connectivity index (χ3v) is 3.89. The Bertz CT molecular complexity index is 512. The second-order valence-electron chi connectivity index (χ2n) is 4.52. The molecule has 0 aromatic carbocycles. The van der Waals surface area contributed by atoms with Gasteiger partial charge in [0.1, 0.15) is 6.04 Å². The summed E-state index contributed by atoms with van der Waals surface area (Å²) < 4.78 is 0. The van der Waals surface area contributed by atoms with Crippen molar-refractivity contribution >= 4 is 34.1 Å². The monoisotopic (exact) mass is 298 g/mol. The van der Waals surface area contributed by atoms with Crippen LogP contribution in [0.4, 0.5) is 5.00 Å². The van der Waals surface area contributed by atoms with Crippen LogP contribution in [0.15, 0.2) is 12.1 Å². The summed E-state index contributed by atoms with van der Waals surface area (Å²) in [7, 11) is 0. The molecule has 7 heteroatoms. The van der Waals surface area contributed by atoms with E-state index in [0.717, 1.165) is 11.3 Å². The number of amides is 2. The van der Waals surface area contributed by atoms with Crippen LogP contribution < -0.4 is 10.6 Å². The van der Waals surface area contributed by atoms with Crippen molar-refractivity contribution in [2.24, 2.45) is 5.92 Å². The summed E-state index contributed by atoms with van der Waals surface area (Å²) in [5.74, 6) is -1.88. The van der Waals surface area contributed by atoms with Gasteiger partial charge in [0, 0.05) is 6.92 Å². The van der Waals surface area contributed by atoms with Crippen molar-refractivity contribution in [1.29, 1.82) is 0 Å². The summed E-state index contributed by atoms with van der Waals surface area (Å²) in [6, 6.07) is 2.25. The fourth-order valence-corrected chi connectivity index (χ4v) is 2.45. The van der Waals surface area contributed by atoms with Gasteiger partial charge in [-0.1, -0.05) is 20.3 Å². The van der Waals surface area contributed by atoms with E-state index in [-0.39, 0.29) is 11.8 Å². The lowest BCUT2D eigenvalue weighted by molar-refractivity contribution is -0.140. The number of anilines is 1. The Morgan fingerprint density at radius 3 is 2.50 bits per heavy atom. The molecule has 0 radical (unpaired) electrons. The van der Waals surface area contributed by atoms with E-state index in [2.05, 4.69) is 10.6 Å². The third kappa shape index (κ3) is 4.34. The first-order valence-corrected chi connectivity index (χ1v) is 7.07. The van der Waals surface area contributed by atoms with Crippen molar-refractivity contribution in [2.45, 2.75) is 33.2 Å². The Morgan fingerprint density at radius 2 is 2.00 bits per heavy atom. The molecule has 1 aromatic rings. The van der Waals surface area contributed by atoms with E-state index in [9.17, 15) is 14.4 Å². The van der Waals surface area contributed by atoms with E-state index in [0.29, 0.717) is 16.3 Å². The second-order valence-corrected chi connectivity index (χ2v) is 5.60. The number of nitrogens with one attached hydrogen (secondary N) is 2. The zero-order chi connectivity index (χ0) is 15.3. The van der Waals surface area contributed by atoms with E-state index in [1.54, 1.807) is 19.1 Å². The van der Waals surface area contributed by atoms with Gasteiger partial charge < -0.3 is 15.7 Å². The molecule has 2 amide bonds. The summed E-state index contributed by atoms with van der Waals surface area (Å²) in [5.41, 5.74) is 0. The van der Waals surface area contributed by atoms with Gasteiger partial charge in [0.25, 0.3) is 5.91 Å². The molecule has 0 saturated heterocycles. The van der Waals surface area contributed by atoms with Crippen LogP contribution in [0.2, 0.25) is 0 Å². The lowest BCUT2D eigenvalue weighted by Crippen LogP contribution is -2.44. The molecule has 0 aliphatic carbocycles. The van der Waals surface area contributed by atoms with E-state index in [1.807, 2.05) is 6.92 Å². The Labute approximate surface area is 121 Å². The number of rotatable bonds is 6. The van der Waals surface area contributed by atoms with Crippen molar-refractivity contribution < 1.29 is 19.5 Å². The molecule has 20 heavy (non-hydrogen) atoms. The quantitative estimate of drug-likeness (QED) is 0.748. The molecule has 1 rings (SSSR count). The lowest BCUT2D eigenvalue weighted by Gasteiger charge is -2.19. The first-order valence-electron chi connectivity index (χ1n) is 6.26. The zero-order valence-electron chi connectivity index (χ0n) is 11.6. The van der Waals surface area contributed by atoms with Crippen LogP contribution in [-0.2, 0) is 9.59 Å². The van der Waals surface area contributed by atoms with Crippen LogP contribution in [0.1, 0.15) is 36.9 Å². The molecule has 0 aliphatic heterocycles. The predicted molar refractivity (Wildman–Crippen MR) is 77.0 cm³/mol. The van der Waals surface area contributed by atoms with Crippen LogP contribution in [0.25, 0.3) is 0 Å². The maximum absolute atomic E-state index is 12.0. The molecule has 0 fully saturated rings. The molecule has 0 saturated carbocycles. The highest BCUT2D eigenvalue weighted by atomic mass is 32.1. The van der Waals surface area contributed by atoms with Gasteiger partial charge in [-0.2, -0.15) is 0 Å². The second kappa shape index (κ2) is 7.04. The van der Waals surface area contributed by atoms with Gasteiger partial charge in [0.05, 0.1) is 9.88 Å². The molecule has 1 aromatic heterocycles. The summed E-state index contributed by atoms with van der Waals surface area (Å²) in [6.07, 6.45) is 0.652. The van der Waals surface area contributed by atoms with Crippen molar-refractivity contribution in [3.05, 3.63) is 17.0 Å². The molecule has 2 atom stereocenters. The summed E-state index contributed by atoms with van der Waals surface area (Å²) in [4.78, 5) is 34.4. The van der Waals surface area contributed by atoms with E-state index in [1.165, 1.54) is 6.92 Å². The minimum absolute atomic E-state index is 0.161. The van der Waals surface area contributed by atoms with Gasteiger partial charge in [0.2, 0.25) is 5.91 Å². The number of hydrogen-bond acceptors (Lipinski definition) is 4. The van der Waals surface area contributed by atoms with Crippen LogP contribution in [0.5, 0.6) is 0 Å². The Kier molecular flexibility index (Phi) is 5.69. The van der Waals surface area contributed by atoms with Crippen molar-refractivity contribution in [3.8, 4) is 0 Å². The number of thiophene rings is 1. The Hall–Kier alpha value is -1.89. The highest BCUT2D eigenvalue weighted by Gasteiger charge is 2.26. The molecule has 6 nitrogen and oxygen atoms in total. The molecular weight excluding hydrogens is 280 g/mol. The van der Waals surface area contributed by atoms with Gasteiger partial charge in [-0.05, 0) is 18.1 Å². The van der Waals surface area contributed by atoms with Gasteiger partial charge >= 0.3 is 5.97 Å². The summed E-state index contributed by atoms with van der Waals surface area (Å²) in [6.45, 7) is 5.02. The van der Waals surface area contributed by atoms with Crippen LogP contribution in [0.3, 0.4) is 0 Å². The van der Waals surface area contributed by atoms with Crippen LogP contribution in [-0.4, -0.2) is 28.9 Å². The highest BCUT2D eigenvalue weighted by Crippen LogP contribution is 2.22. The number of hydrogen-bond donors (Lipinski definition) is 3. The SMILES string of the molecule is CCC(C)[C@H](NC(=O)c1ccc(NC(C)=O)s1)C(=O)O. The average Bonchev–Trinajstić information content (AvgIpc) is 2.82. The number of carboxylic acids is 1. The van der Waals surface area contributed by atoms with E-state index < -0.39 is 17.9 Å². The smallest absolute Gasteiger partial charge is 0.326 e. The van der Waals surface area contributed by atoms with Gasteiger partial charge in [-0.25, -0.2) is 4.79 Å². The maximum Gasteiger partial charge on any atom is 0.326 e. The van der Waals surface area contributed by atoms with E-state index in [4.69, 9.17) is 5.11 Å². The molecule has 1 heterocycles. The number of aliphatic carboxylic acids is 1. The standard InChI is InChI=1S/C13H18N2O4S/c1-4-7(2)11(13(18)19)15-12(17)9-5-6-10(20-9)14-8(3)16/h5-7,11H,4H2,1-3H3,(H,14,16)(H,15,17)(H,18,19)/t7?,11-/m0/s1. The predicted octanol–water partition coefficient (Wildman–Crippen LogP) is 1.94. The van der Waals surface area contributed by atoms with Gasteiger partial charge in [0.15, 0.2) is 0 Å². The molecule has 3 N–H and O–H groups in total. The van der Waals surface area contributed by atoms with E-state index >= 15 is 0 Å².